The van der Waals surface area contributed by atoms with Gasteiger partial charge in [-0.2, -0.15) is 0 Å². The number of hydrogen-bond donors (Lipinski definition) is 3. The summed E-state index contributed by atoms with van der Waals surface area (Å²) in [5.74, 6) is -0.0139. The van der Waals surface area contributed by atoms with Crippen LogP contribution in [0.25, 0.3) is 0 Å². The number of fused-ring (bicyclic) bond motifs is 1. The lowest BCUT2D eigenvalue weighted by Crippen LogP contribution is -2.27. The number of amides is 1. The molecule has 2 rings (SSSR count). The molecule has 1 heterocycles. The van der Waals surface area contributed by atoms with Crippen molar-refractivity contribution in [1.82, 2.24) is 0 Å². The van der Waals surface area contributed by atoms with Crippen molar-refractivity contribution in [3.05, 3.63) is 29.3 Å². The van der Waals surface area contributed by atoms with Crippen molar-refractivity contribution in [2.45, 2.75) is 38.3 Å². The van der Waals surface area contributed by atoms with Crippen molar-refractivity contribution >= 4 is 11.6 Å². The first-order chi connectivity index (χ1) is 7.84. The second-order valence-electron chi connectivity index (χ2n) is 5.19. The summed E-state index contributed by atoms with van der Waals surface area (Å²) >= 11 is 0. The maximum atomic E-state index is 11.8. The van der Waals surface area contributed by atoms with E-state index in [-0.39, 0.29) is 11.9 Å². The first kappa shape index (κ1) is 12.1. The van der Waals surface area contributed by atoms with E-state index in [1.54, 1.807) is 13.0 Å². The van der Waals surface area contributed by atoms with Crippen LogP contribution in [-0.4, -0.2) is 17.1 Å². The van der Waals surface area contributed by atoms with Crippen molar-refractivity contribution < 1.29 is 9.90 Å². The molecule has 2 atom stereocenters. The predicted molar refractivity (Wildman–Crippen MR) is 66.7 cm³/mol. The Bertz CT molecular complexity index is 466. The van der Waals surface area contributed by atoms with Gasteiger partial charge in [-0.1, -0.05) is 12.1 Å². The highest BCUT2D eigenvalue weighted by Gasteiger charge is 2.38. The van der Waals surface area contributed by atoms with Crippen LogP contribution in [0.4, 0.5) is 5.69 Å². The second kappa shape index (κ2) is 3.82. The molecule has 4 nitrogen and oxygen atoms in total. The van der Waals surface area contributed by atoms with Gasteiger partial charge in [0.15, 0.2) is 0 Å². The first-order valence-electron chi connectivity index (χ1n) is 5.73. The molecule has 0 bridgehead atoms. The number of rotatable bonds is 2. The number of carbonyl (C=O) groups excluding carboxylic acids is 1. The highest BCUT2D eigenvalue weighted by atomic mass is 16.3. The van der Waals surface area contributed by atoms with E-state index in [2.05, 4.69) is 5.32 Å². The topological polar surface area (TPSA) is 75.3 Å². The van der Waals surface area contributed by atoms with Crippen LogP contribution in [0.2, 0.25) is 0 Å². The zero-order valence-corrected chi connectivity index (χ0v) is 10.3. The number of hydrogen-bond acceptors (Lipinski definition) is 3. The quantitative estimate of drug-likeness (QED) is 0.722. The summed E-state index contributed by atoms with van der Waals surface area (Å²) in [7, 11) is 0. The number of carbonyl (C=O) groups is 1. The molecule has 1 aromatic carbocycles. The molecule has 1 aliphatic rings. The van der Waals surface area contributed by atoms with E-state index in [0.29, 0.717) is 0 Å². The molecule has 0 saturated heterocycles. The minimum absolute atomic E-state index is 0.0139. The molecule has 0 fully saturated rings. The molecule has 0 radical (unpaired) electrons. The van der Waals surface area contributed by atoms with Crippen LogP contribution in [0.5, 0.6) is 0 Å². The normalized spacial score (nSPS) is 20.6. The van der Waals surface area contributed by atoms with Gasteiger partial charge in [-0.25, -0.2) is 0 Å². The number of nitrogens with one attached hydrogen (secondary N) is 1. The van der Waals surface area contributed by atoms with Crippen LogP contribution < -0.4 is 11.1 Å². The van der Waals surface area contributed by atoms with E-state index in [0.717, 1.165) is 16.8 Å². The van der Waals surface area contributed by atoms with Gasteiger partial charge < -0.3 is 16.2 Å². The van der Waals surface area contributed by atoms with Crippen molar-refractivity contribution in [2.75, 3.05) is 5.32 Å². The summed E-state index contributed by atoms with van der Waals surface area (Å²) in [4.78, 5) is 11.8. The van der Waals surface area contributed by atoms with Crippen LogP contribution in [-0.2, 0) is 10.2 Å². The first-order valence-corrected chi connectivity index (χ1v) is 5.73. The molecular weight excluding hydrogens is 216 g/mol. The summed E-state index contributed by atoms with van der Waals surface area (Å²) in [5.41, 5.74) is 7.61. The molecule has 2 unspecified atom stereocenters. The lowest BCUT2D eigenvalue weighted by atomic mass is 9.84. The van der Waals surface area contributed by atoms with Gasteiger partial charge in [0.2, 0.25) is 5.91 Å². The maximum absolute atomic E-state index is 11.8. The lowest BCUT2D eigenvalue weighted by Gasteiger charge is -2.19. The highest BCUT2D eigenvalue weighted by molar-refractivity contribution is 6.05. The second-order valence-corrected chi connectivity index (χ2v) is 5.19. The fourth-order valence-electron chi connectivity index (χ4n) is 2.08. The van der Waals surface area contributed by atoms with Gasteiger partial charge in [-0.3, -0.25) is 4.79 Å². The summed E-state index contributed by atoms with van der Waals surface area (Å²) in [6.45, 7) is 5.50. The van der Waals surface area contributed by atoms with Gasteiger partial charge in [0, 0.05) is 11.7 Å². The van der Waals surface area contributed by atoms with E-state index in [1.165, 1.54) is 0 Å². The molecule has 0 spiro atoms. The summed E-state index contributed by atoms with van der Waals surface area (Å²) < 4.78 is 0. The van der Waals surface area contributed by atoms with Crippen LogP contribution in [0.15, 0.2) is 18.2 Å². The molecule has 92 valence electrons. The number of anilines is 1. The average Bonchev–Trinajstić information content (AvgIpc) is 2.49. The SMILES string of the molecule is CC(N)C(O)c1ccc2c(c1)C(C)(C)C(=O)N2. The number of benzene rings is 1. The number of nitrogens with two attached hydrogens (primary N) is 1. The zero-order valence-electron chi connectivity index (χ0n) is 10.3. The third-order valence-electron chi connectivity index (χ3n) is 3.37. The fourth-order valence-corrected chi connectivity index (χ4v) is 2.08. The van der Waals surface area contributed by atoms with E-state index >= 15 is 0 Å². The van der Waals surface area contributed by atoms with Crippen molar-refractivity contribution in [3.63, 3.8) is 0 Å². The lowest BCUT2D eigenvalue weighted by molar-refractivity contribution is -0.119. The molecule has 1 aromatic rings. The van der Waals surface area contributed by atoms with Gasteiger partial charge in [0.25, 0.3) is 0 Å². The Morgan fingerprint density at radius 1 is 1.41 bits per heavy atom. The van der Waals surface area contributed by atoms with E-state index in [4.69, 9.17) is 5.73 Å². The fraction of sp³-hybridized carbons (Fsp3) is 0.462. The molecular formula is C13H18N2O2. The van der Waals surface area contributed by atoms with Gasteiger partial charge >= 0.3 is 0 Å². The molecule has 0 aromatic heterocycles. The highest BCUT2D eigenvalue weighted by Crippen LogP contribution is 2.38. The Balaban J connectivity index is 2.46. The Hall–Kier alpha value is -1.39. The van der Waals surface area contributed by atoms with Crippen LogP contribution in [0, 0.1) is 0 Å². The predicted octanol–water partition coefficient (Wildman–Crippen LogP) is 1.30. The Morgan fingerprint density at radius 3 is 2.65 bits per heavy atom. The molecule has 0 saturated carbocycles. The minimum Gasteiger partial charge on any atom is -0.387 e. The maximum Gasteiger partial charge on any atom is 0.234 e. The third kappa shape index (κ3) is 1.83. The molecule has 1 aliphatic heterocycles. The Morgan fingerprint density at radius 2 is 2.06 bits per heavy atom. The van der Waals surface area contributed by atoms with Crippen molar-refractivity contribution in [1.29, 1.82) is 0 Å². The molecule has 1 amide bonds. The van der Waals surface area contributed by atoms with Crippen molar-refractivity contribution in [2.24, 2.45) is 5.73 Å². The largest absolute Gasteiger partial charge is 0.387 e. The van der Waals surface area contributed by atoms with Crippen LogP contribution in [0.3, 0.4) is 0 Å². The van der Waals surface area contributed by atoms with Crippen LogP contribution >= 0.6 is 0 Å². The summed E-state index contributed by atoms with van der Waals surface area (Å²) in [6, 6.07) is 5.15. The van der Waals surface area contributed by atoms with Crippen molar-refractivity contribution in [3.8, 4) is 0 Å². The Kier molecular flexibility index (Phi) is 2.72. The van der Waals surface area contributed by atoms with Gasteiger partial charge in [-0.15, -0.1) is 0 Å². The van der Waals surface area contributed by atoms with E-state index in [9.17, 15) is 9.90 Å². The molecule has 4 heteroatoms. The van der Waals surface area contributed by atoms with E-state index < -0.39 is 11.5 Å². The number of aliphatic hydroxyl groups is 1. The van der Waals surface area contributed by atoms with Gasteiger partial charge in [0.1, 0.15) is 0 Å². The summed E-state index contributed by atoms with van der Waals surface area (Å²) in [6.07, 6.45) is -0.702. The Labute approximate surface area is 101 Å². The van der Waals surface area contributed by atoms with Crippen LogP contribution in [0.1, 0.15) is 38.0 Å². The van der Waals surface area contributed by atoms with Gasteiger partial charge in [0.05, 0.1) is 11.5 Å². The monoisotopic (exact) mass is 234 g/mol. The summed E-state index contributed by atoms with van der Waals surface area (Å²) in [5, 5.41) is 12.8. The molecule has 4 N–H and O–H groups in total. The third-order valence-corrected chi connectivity index (χ3v) is 3.37. The standard InChI is InChI=1S/C13H18N2O2/c1-7(14)11(16)8-4-5-10-9(6-8)13(2,3)12(17)15-10/h4-7,11,16H,14H2,1-3H3,(H,15,17). The smallest absolute Gasteiger partial charge is 0.234 e. The van der Waals surface area contributed by atoms with E-state index in [1.807, 2.05) is 26.0 Å². The average molecular weight is 234 g/mol. The molecule has 17 heavy (non-hydrogen) atoms. The number of aliphatic hydroxyl groups excluding tert-OH is 1. The minimum atomic E-state index is -0.702. The zero-order chi connectivity index (χ0) is 12.8. The van der Waals surface area contributed by atoms with Gasteiger partial charge in [-0.05, 0) is 38.0 Å². The molecule has 0 aliphatic carbocycles.